The highest BCUT2D eigenvalue weighted by Gasteiger charge is 2.21. The maximum Gasteiger partial charge on any atom is 0.259 e. The summed E-state index contributed by atoms with van der Waals surface area (Å²) < 4.78 is 15.7. The molecule has 1 aromatic heterocycles. The number of anilines is 1. The Morgan fingerprint density at radius 3 is 2.48 bits per heavy atom. The smallest absolute Gasteiger partial charge is 0.259 e. The molecule has 0 saturated heterocycles. The van der Waals surface area contributed by atoms with Gasteiger partial charge in [-0.1, -0.05) is 26.0 Å². The maximum atomic E-state index is 13.2. The van der Waals surface area contributed by atoms with E-state index in [1.807, 2.05) is 38.1 Å². The van der Waals surface area contributed by atoms with Gasteiger partial charge in [-0.3, -0.25) is 4.79 Å². The largest absolute Gasteiger partial charge is 0.321 e. The average Bonchev–Trinajstić information content (AvgIpc) is 3.03. The molecule has 0 unspecified atom stereocenters. The van der Waals surface area contributed by atoms with Crippen LogP contribution in [0.25, 0.3) is 5.69 Å². The van der Waals surface area contributed by atoms with Crippen LogP contribution in [0.4, 0.5) is 10.1 Å². The third kappa shape index (κ3) is 3.64. The highest BCUT2D eigenvalue weighted by Crippen LogP contribution is 2.26. The molecule has 0 saturated carbocycles. The van der Waals surface area contributed by atoms with E-state index in [0.717, 1.165) is 10.2 Å². The van der Waals surface area contributed by atoms with Crippen molar-refractivity contribution < 1.29 is 9.18 Å². The predicted molar refractivity (Wildman–Crippen MR) is 99.7 cm³/mol. The molecule has 0 fully saturated rings. The lowest BCUT2D eigenvalue weighted by molar-refractivity contribution is 0.102. The second kappa shape index (κ2) is 7.19. The molecule has 1 amide bonds. The van der Waals surface area contributed by atoms with Crippen LogP contribution in [0.3, 0.4) is 0 Å². The Morgan fingerprint density at radius 1 is 1.16 bits per heavy atom. The molecule has 4 nitrogen and oxygen atoms in total. The van der Waals surface area contributed by atoms with Gasteiger partial charge in [-0.25, -0.2) is 9.07 Å². The first-order valence-corrected chi connectivity index (χ1v) is 8.66. The number of hydrogen-bond acceptors (Lipinski definition) is 2. The standard InChI is InChI=1S/C19H17BrFN3O/c1-12(2)18-15(19(25)23-17-6-4-3-5-16(17)20)11-22-24(18)14-9-7-13(21)8-10-14/h3-12H,1-2H3,(H,23,25). The zero-order valence-electron chi connectivity index (χ0n) is 13.8. The predicted octanol–water partition coefficient (Wildman–Crippen LogP) is 5.15. The maximum absolute atomic E-state index is 13.2. The van der Waals surface area contributed by atoms with E-state index in [2.05, 4.69) is 26.3 Å². The van der Waals surface area contributed by atoms with Crippen LogP contribution in [0.5, 0.6) is 0 Å². The van der Waals surface area contributed by atoms with E-state index in [9.17, 15) is 9.18 Å². The van der Waals surface area contributed by atoms with Gasteiger partial charge in [-0.05, 0) is 58.2 Å². The number of nitrogens with one attached hydrogen (secondary N) is 1. The summed E-state index contributed by atoms with van der Waals surface area (Å²) in [5.74, 6) is -0.481. The number of carbonyl (C=O) groups excluding carboxylic acids is 1. The zero-order valence-corrected chi connectivity index (χ0v) is 15.4. The summed E-state index contributed by atoms with van der Waals surface area (Å²) in [5, 5.41) is 7.24. The van der Waals surface area contributed by atoms with Gasteiger partial charge in [0.1, 0.15) is 5.82 Å². The molecule has 128 valence electrons. The van der Waals surface area contributed by atoms with Crippen LogP contribution < -0.4 is 5.32 Å². The number of hydrogen-bond donors (Lipinski definition) is 1. The van der Waals surface area contributed by atoms with Gasteiger partial charge >= 0.3 is 0 Å². The van der Waals surface area contributed by atoms with Crippen molar-refractivity contribution in [3.63, 3.8) is 0 Å². The van der Waals surface area contributed by atoms with Crippen molar-refractivity contribution in [3.8, 4) is 5.69 Å². The summed E-state index contributed by atoms with van der Waals surface area (Å²) in [7, 11) is 0. The molecular weight excluding hydrogens is 385 g/mol. The Kier molecular flexibility index (Phi) is 4.99. The fourth-order valence-corrected chi connectivity index (χ4v) is 3.01. The molecule has 6 heteroatoms. The highest BCUT2D eigenvalue weighted by molar-refractivity contribution is 9.10. The summed E-state index contributed by atoms with van der Waals surface area (Å²) in [4.78, 5) is 12.7. The van der Waals surface area contributed by atoms with Crippen molar-refractivity contribution in [1.82, 2.24) is 9.78 Å². The van der Waals surface area contributed by atoms with Crippen molar-refractivity contribution in [2.24, 2.45) is 0 Å². The fraction of sp³-hybridized carbons (Fsp3) is 0.158. The summed E-state index contributed by atoms with van der Waals surface area (Å²) in [6, 6.07) is 13.5. The molecule has 0 radical (unpaired) electrons. The molecular formula is C19H17BrFN3O. The molecule has 0 spiro atoms. The number of benzene rings is 2. The lowest BCUT2D eigenvalue weighted by Gasteiger charge is -2.13. The normalized spacial score (nSPS) is 10.9. The third-order valence-corrected chi connectivity index (χ3v) is 4.48. The van der Waals surface area contributed by atoms with E-state index in [1.54, 1.807) is 23.0 Å². The average molecular weight is 402 g/mol. The molecule has 2 aromatic carbocycles. The van der Waals surface area contributed by atoms with Gasteiger partial charge < -0.3 is 5.32 Å². The minimum absolute atomic E-state index is 0.0625. The van der Waals surface area contributed by atoms with Gasteiger partial charge in [0.15, 0.2) is 0 Å². The molecule has 3 rings (SSSR count). The Bertz CT molecular complexity index is 903. The van der Waals surface area contributed by atoms with Gasteiger partial charge in [-0.15, -0.1) is 0 Å². The molecule has 25 heavy (non-hydrogen) atoms. The zero-order chi connectivity index (χ0) is 18.0. The van der Waals surface area contributed by atoms with Gasteiger partial charge in [0.25, 0.3) is 5.91 Å². The van der Waals surface area contributed by atoms with Crippen molar-refractivity contribution in [2.75, 3.05) is 5.32 Å². The van der Waals surface area contributed by atoms with E-state index in [4.69, 9.17) is 0 Å². The number of halogens is 2. The van der Waals surface area contributed by atoms with Crippen molar-refractivity contribution in [3.05, 3.63) is 76.3 Å². The minimum atomic E-state index is -0.311. The molecule has 0 aliphatic rings. The van der Waals surface area contributed by atoms with Gasteiger partial charge in [0, 0.05) is 4.47 Å². The minimum Gasteiger partial charge on any atom is -0.321 e. The molecule has 0 aliphatic heterocycles. The number of nitrogens with zero attached hydrogens (tertiary/aromatic N) is 2. The Balaban J connectivity index is 1.98. The van der Waals surface area contributed by atoms with Crippen molar-refractivity contribution in [2.45, 2.75) is 19.8 Å². The van der Waals surface area contributed by atoms with E-state index >= 15 is 0 Å². The van der Waals surface area contributed by atoms with Crippen LogP contribution in [0.2, 0.25) is 0 Å². The Morgan fingerprint density at radius 2 is 1.84 bits per heavy atom. The molecule has 0 aliphatic carbocycles. The molecule has 1 heterocycles. The van der Waals surface area contributed by atoms with E-state index < -0.39 is 0 Å². The van der Waals surface area contributed by atoms with Gasteiger partial charge in [-0.2, -0.15) is 5.10 Å². The number of aromatic nitrogens is 2. The van der Waals surface area contributed by atoms with Crippen molar-refractivity contribution >= 4 is 27.5 Å². The first kappa shape index (κ1) is 17.4. The lowest BCUT2D eigenvalue weighted by atomic mass is 10.0. The molecule has 0 atom stereocenters. The molecule has 3 aromatic rings. The van der Waals surface area contributed by atoms with Crippen LogP contribution in [0.1, 0.15) is 35.8 Å². The van der Waals surface area contributed by atoms with Crippen LogP contribution in [0, 0.1) is 5.82 Å². The van der Waals surface area contributed by atoms with Gasteiger partial charge in [0.05, 0.1) is 28.8 Å². The van der Waals surface area contributed by atoms with Gasteiger partial charge in [0.2, 0.25) is 0 Å². The summed E-state index contributed by atoms with van der Waals surface area (Å²) in [5.41, 5.74) is 2.67. The SMILES string of the molecule is CC(C)c1c(C(=O)Nc2ccccc2Br)cnn1-c1ccc(F)cc1. The summed E-state index contributed by atoms with van der Waals surface area (Å²) >= 11 is 3.42. The summed E-state index contributed by atoms with van der Waals surface area (Å²) in [6.45, 7) is 3.98. The lowest BCUT2D eigenvalue weighted by Crippen LogP contribution is -2.15. The fourth-order valence-electron chi connectivity index (χ4n) is 2.63. The van der Waals surface area contributed by atoms with E-state index in [1.165, 1.54) is 12.1 Å². The number of amides is 1. The quantitative estimate of drug-likeness (QED) is 0.656. The second-order valence-corrected chi connectivity index (χ2v) is 6.77. The van der Waals surface area contributed by atoms with Crippen LogP contribution in [0.15, 0.2) is 59.2 Å². The van der Waals surface area contributed by atoms with E-state index in [-0.39, 0.29) is 17.6 Å². The highest BCUT2D eigenvalue weighted by atomic mass is 79.9. The molecule has 0 bridgehead atoms. The molecule has 1 N–H and O–H groups in total. The van der Waals surface area contributed by atoms with E-state index in [0.29, 0.717) is 16.9 Å². The van der Waals surface area contributed by atoms with Crippen molar-refractivity contribution in [1.29, 1.82) is 0 Å². The summed E-state index contributed by atoms with van der Waals surface area (Å²) in [6.07, 6.45) is 1.55. The Hall–Kier alpha value is -2.47. The van der Waals surface area contributed by atoms with Crippen LogP contribution >= 0.6 is 15.9 Å². The van der Waals surface area contributed by atoms with Crippen LogP contribution in [-0.2, 0) is 0 Å². The Labute approximate surface area is 153 Å². The monoisotopic (exact) mass is 401 g/mol. The van der Waals surface area contributed by atoms with Crippen LogP contribution in [-0.4, -0.2) is 15.7 Å². The first-order chi connectivity index (χ1) is 12.0. The first-order valence-electron chi connectivity index (χ1n) is 7.87. The third-order valence-electron chi connectivity index (χ3n) is 3.79. The second-order valence-electron chi connectivity index (χ2n) is 5.92. The topological polar surface area (TPSA) is 46.9 Å². The number of para-hydroxylation sites is 1. The number of rotatable bonds is 4. The number of carbonyl (C=O) groups is 1.